The molecule has 0 saturated heterocycles. The van der Waals surface area contributed by atoms with Crippen LogP contribution in [0.2, 0.25) is 0 Å². The van der Waals surface area contributed by atoms with Crippen LogP contribution in [0.25, 0.3) is 0 Å². The average molecular weight is 239 g/mol. The monoisotopic (exact) mass is 239 g/mol. The summed E-state index contributed by atoms with van der Waals surface area (Å²) < 4.78 is 0.777. The molecule has 0 N–H and O–H groups in total. The molecule has 0 heterocycles. The fraction of sp³-hybridized carbons (Fsp3) is 0.857. The molecule has 0 unspecified atom stereocenters. The summed E-state index contributed by atoms with van der Waals surface area (Å²) in [4.78, 5) is 4.07. The topological polar surface area (TPSA) is 12.4 Å². The third-order valence-electron chi connectivity index (χ3n) is 1.29. The molecule has 0 amide bonds. The van der Waals surface area contributed by atoms with Gasteiger partial charge in [0.2, 0.25) is 0 Å². The molecule has 0 aliphatic rings. The lowest BCUT2D eigenvalue weighted by Gasteiger charge is -2.00. The van der Waals surface area contributed by atoms with E-state index in [4.69, 9.17) is 0 Å². The van der Waals surface area contributed by atoms with Crippen molar-refractivity contribution in [2.24, 2.45) is 4.99 Å². The zero-order valence-electron chi connectivity index (χ0n) is 6.32. The van der Waals surface area contributed by atoms with Gasteiger partial charge in [0.25, 0.3) is 0 Å². The van der Waals surface area contributed by atoms with Crippen molar-refractivity contribution >= 4 is 28.3 Å². The Morgan fingerprint density at radius 1 is 1.67 bits per heavy atom. The summed E-state index contributed by atoms with van der Waals surface area (Å²) in [7, 11) is 1.85. The van der Waals surface area contributed by atoms with E-state index in [0.717, 1.165) is 10.3 Å². The predicted molar refractivity (Wildman–Crippen MR) is 51.7 cm³/mol. The Bertz CT molecular complexity index is 97.1. The predicted octanol–water partition coefficient (Wildman–Crippen LogP) is 2.68. The molecular weight excluding hydrogens is 225 g/mol. The van der Waals surface area contributed by atoms with Gasteiger partial charge in [0.05, 0.1) is 0 Å². The van der Waals surface area contributed by atoms with Crippen LogP contribution in [-0.2, 0) is 0 Å². The van der Waals surface area contributed by atoms with Gasteiger partial charge < -0.3 is 0 Å². The van der Waals surface area contributed by atoms with Crippen LogP contribution in [-0.4, -0.2) is 16.7 Å². The molecule has 1 nitrogen and oxygen atoms in total. The fourth-order valence-electron chi connectivity index (χ4n) is 0.520. The maximum atomic E-state index is 4.07. The van der Waals surface area contributed by atoms with Gasteiger partial charge in [-0.1, -0.05) is 29.5 Å². The van der Waals surface area contributed by atoms with Crippen molar-refractivity contribution in [3.8, 4) is 0 Å². The lowest BCUT2D eigenvalue weighted by molar-refractivity contribution is 0.876. The highest BCUT2D eigenvalue weighted by atomic mass is 127. The molecule has 0 aromatic rings. The van der Waals surface area contributed by atoms with E-state index < -0.39 is 0 Å². The standard InChI is InChI=1S/C7H14IN/c1-6(8)4-5-7(2)9-3/h6H,4-5H2,1-3H3/b9-7+/t6-/m1/s1. The van der Waals surface area contributed by atoms with Crippen molar-refractivity contribution in [1.29, 1.82) is 0 Å². The van der Waals surface area contributed by atoms with Crippen molar-refractivity contribution in [1.82, 2.24) is 0 Å². The highest BCUT2D eigenvalue weighted by Gasteiger charge is 1.95. The van der Waals surface area contributed by atoms with Crippen LogP contribution in [0.3, 0.4) is 0 Å². The Hall–Kier alpha value is 0.400. The number of rotatable bonds is 3. The molecule has 2 heteroatoms. The van der Waals surface area contributed by atoms with Gasteiger partial charge in [-0.25, -0.2) is 0 Å². The Balaban J connectivity index is 3.28. The van der Waals surface area contributed by atoms with Crippen LogP contribution >= 0.6 is 22.6 Å². The van der Waals surface area contributed by atoms with Crippen LogP contribution in [0.5, 0.6) is 0 Å². The van der Waals surface area contributed by atoms with Gasteiger partial charge >= 0.3 is 0 Å². The van der Waals surface area contributed by atoms with E-state index in [2.05, 4.69) is 41.4 Å². The Labute approximate surface area is 71.1 Å². The zero-order valence-corrected chi connectivity index (χ0v) is 8.47. The Morgan fingerprint density at radius 2 is 2.22 bits per heavy atom. The molecule has 0 spiro atoms. The van der Waals surface area contributed by atoms with Gasteiger partial charge in [-0.2, -0.15) is 0 Å². The van der Waals surface area contributed by atoms with Crippen LogP contribution in [0, 0.1) is 0 Å². The van der Waals surface area contributed by atoms with E-state index in [1.807, 2.05) is 7.05 Å². The fourth-order valence-corrected chi connectivity index (χ4v) is 0.831. The van der Waals surface area contributed by atoms with Gasteiger partial charge in [-0.05, 0) is 19.8 Å². The van der Waals surface area contributed by atoms with Gasteiger partial charge in [-0.15, -0.1) is 0 Å². The van der Waals surface area contributed by atoms with E-state index in [0.29, 0.717) is 0 Å². The Kier molecular flexibility index (Phi) is 5.44. The highest BCUT2D eigenvalue weighted by molar-refractivity contribution is 14.1. The van der Waals surface area contributed by atoms with Gasteiger partial charge in [-0.3, -0.25) is 4.99 Å². The maximum absolute atomic E-state index is 4.07. The molecule has 0 saturated carbocycles. The van der Waals surface area contributed by atoms with Crippen molar-refractivity contribution in [3.05, 3.63) is 0 Å². The summed E-state index contributed by atoms with van der Waals surface area (Å²) in [6.07, 6.45) is 2.41. The first-order valence-corrected chi connectivity index (χ1v) is 4.47. The lowest BCUT2D eigenvalue weighted by Crippen LogP contribution is -1.96. The molecule has 0 aliphatic carbocycles. The van der Waals surface area contributed by atoms with Gasteiger partial charge in [0, 0.05) is 16.7 Å². The van der Waals surface area contributed by atoms with E-state index in [1.165, 1.54) is 12.1 Å². The first-order chi connectivity index (χ1) is 4.16. The van der Waals surface area contributed by atoms with Gasteiger partial charge in [0.15, 0.2) is 0 Å². The van der Waals surface area contributed by atoms with E-state index >= 15 is 0 Å². The van der Waals surface area contributed by atoms with Gasteiger partial charge in [0.1, 0.15) is 0 Å². The highest BCUT2D eigenvalue weighted by Crippen LogP contribution is 2.07. The minimum atomic E-state index is 0.777. The van der Waals surface area contributed by atoms with Crippen molar-refractivity contribution in [3.63, 3.8) is 0 Å². The van der Waals surface area contributed by atoms with Crippen LogP contribution in [0.15, 0.2) is 4.99 Å². The minimum Gasteiger partial charge on any atom is -0.298 e. The van der Waals surface area contributed by atoms with Crippen LogP contribution in [0.4, 0.5) is 0 Å². The molecule has 54 valence electrons. The summed E-state index contributed by atoms with van der Waals surface area (Å²) in [6.45, 7) is 4.31. The van der Waals surface area contributed by atoms with Crippen molar-refractivity contribution in [2.45, 2.75) is 30.6 Å². The van der Waals surface area contributed by atoms with E-state index in [1.54, 1.807) is 0 Å². The average Bonchev–Trinajstić information content (AvgIpc) is 1.83. The molecule has 1 atom stereocenters. The Morgan fingerprint density at radius 3 is 2.56 bits per heavy atom. The normalized spacial score (nSPS) is 15.8. The maximum Gasteiger partial charge on any atom is 0.0276 e. The number of aliphatic imine (C=N–C) groups is 1. The smallest absolute Gasteiger partial charge is 0.0276 e. The second kappa shape index (κ2) is 5.21. The summed E-state index contributed by atoms with van der Waals surface area (Å²) in [5.41, 5.74) is 1.26. The second-order valence-corrected chi connectivity index (χ2v) is 4.40. The molecule has 0 bridgehead atoms. The summed E-state index contributed by atoms with van der Waals surface area (Å²) in [5, 5.41) is 0. The van der Waals surface area contributed by atoms with E-state index in [-0.39, 0.29) is 0 Å². The number of hydrogen-bond acceptors (Lipinski definition) is 1. The van der Waals surface area contributed by atoms with Crippen LogP contribution in [0.1, 0.15) is 26.7 Å². The number of halogens is 1. The number of hydrogen-bond donors (Lipinski definition) is 0. The largest absolute Gasteiger partial charge is 0.298 e. The molecule has 0 radical (unpaired) electrons. The lowest BCUT2D eigenvalue weighted by atomic mass is 10.2. The summed E-state index contributed by atoms with van der Waals surface area (Å²) in [6, 6.07) is 0. The zero-order chi connectivity index (χ0) is 7.28. The molecular formula is C7H14IN. The minimum absolute atomic E-state index is 0.777. The molecule has 0 rings (SSSR count). The molecule has 0 aromatic heterocycles. The first kappa shape index (κ1) is 9.40. The SMILES string of the molecule is C/N=C(\C)CC[C@@H](C)I. The number of alkyl halides is 1. The summed E-state index contributed by atoms with van der Waals surface area (Å²) in [5.74, 6) is 0. The quantitative estimate of drug-likeness (QED) is 0.408. The molecule has 9 heavy (non-hydrogen) atoms. The van der Waals surface area contributed by atoms with Crippen molar-refractivity contribution in [2.75, 3.05) is 7.05 Å². The third kappa shape index (κ3) is 6.28. The molecule has 0 fully saturated rings. The van der Waals surface area contributed by atoms with E-state index in [9.17, 15) is 0 Å². The first-order valence-electron chi connectivity index (χ1n) is 3.23. The number of nitrogens with zero attached hydrogens (tertiary/aromatic N) is 1. The molecule has 0 aliphatic heterocycles. The van der Waals surface area contributed by atoms with Crippen molar-refractivity contribution < 1.29 is 0 Å². The summed E-state index contributed by atoms with van der Waals surface area (Å²) >= 11 is 2.44. The van der Waals surface area contributed by atoms with Crippen LogP contribution < -0.4 is 0 Å². The molecule has 0 aromatic carbocycles. The second-order valence-electron chi connectivity index (χ2n) is 2.28. The third-order valence-corrected chi connectivity index (χ3v) is 1.91.